The van der Waals surface area contributed by atoms with E-state index in [1.807, 2.05) is 28.0 Å². The molecule has 64 heavy (non-hydrogen) atoms. The minimum absolute atomic E-state index is 0. The van der Waals surface area contributed by atoms with E-state index in [1.165, 1.54) is 28.1 Å². The maximum absolute atomic E-state index is 13.8. The van der Waals surface area contributed by atoms with Gasteiger partial charge in [0, 0.05) is 79.2 Å². The molecule has 3 aromatic rings. The summed E-state index contributed by atoms with van der Waals surface area (Å²) in [6.07, 6.45) is 8.43. The molecule has 3 aromatic carbocycles. The SMILES string of the molecule is CCN1C(=O)N2Cc3cc(OC)cc(OC)c3[C@@H](C)C=C2C12CCN(Cc1cc(C)cc(C)c1)CC2.CCN1C(=O)N2Cc3cc(OC)cc(OC)c3[C@@H](C)C=C2C12CCNCC2.Cl. The fourth-order valence-corrected chi connectivity index (χ4v) is 11.9. The first kappa shape index (κ1) is 47.1. The van der Waals surface area contributed by atoms with Crippen LogP contribution in [0.4, 0.5) is 9.59 Å². The van der Waals surface area contributed by atoms with E-state index in [1.54, 1.807) is 28.4 Å². The highest BCUT2D eigenvalue weighted by Crippen LogP contribution is 2.50. The number of likely N-dealkylation sites (tertiary alicyclic amines) is 1. The highest BCUT2D eigenvalue weighted by molar-refractivity contribution is 5.85. The molecule has 0 unspecified atom stereocenters. The first-order valence-electron chi connectivity index (χ1n) is 23.0. The number of piperidine rings is 2. The molecule has 2 atom stereocenters. The van der Waals surface area contributed by atoms with E-state index < -0.39 is 0 Å². The van der Waals surface area contributed by atoms with Crippen LogP contribution in [0.3, 0.4) is 0 Å². The zero-order valence-corrected chi connectivity index (χ0v) is 40.5. The zero-order valence-electron chi connectivity index (χ0n) is 39.6. The molecule has 6 aliphatic heterocycles. The summed E-state index contributed by atoms with van der Waals surface area (Å²) in [4.78, 5) is 37.9. The van der Waals surface area contributed by atoms with E-state index in [4.69, 9.17) is 18.9 Å². The first-order valence-corrected chi connectivity index (χ1v) is 23.0. The number of carbonyl (C=O) groups excluding carboxylic acids is 2. The number of ether oxygens (including phenoxy) is 4. The van der Waals surface area contributed by atoms with Crippen LogP contribution in [0.25, 0.3) is 0 Å². The molecule has 12 nitrogen and oxygen atoms in total. The van der Waals surface area contributed by atoms with Crippen LogP contribution in [0.15, 0.2) is 66.0 Å². The molecule has 346 valence electrons. The number of amides is 4. The number of nitrogens with zero attached hydrogens (tertiary/aromatic N) is 5. The van der Waals surface area contributed by atoms with Crippen LogP contribution < -0.4 is 24.3 Å². The van der Waals surface area contributed by atoms with Crippen LogP contribution in [0.5, 0.6) is 23.0 Å². The molecule has 6 aliphatic rings. The van der Waals surface area contributed by atoms with E-state index in [0.29, 0.717) is 19.6 Å². The number of urea groups is 2. The predicted molar refractivity (Wildman–Crippen MR) is 254 cm³/mol. The lowest BCUT2D eigenvalue weighted by Gasteiger charge is -2.44. The summed E-state index contributed by atoms with van der Waals surface area (Å²) in [5.41, 5.74) is 10.4. The Kier molecular flexibility index (Phi) is 13.9. The Balaban J connectivity index is 0.000000196. The summed E-state index contributed by atoms with van der Waals surface area (Å²) in [6.45, 7) is 20.3. The number of halogens is 1. The Labute approximate surface area is 386 Å². The van der Waals surface area contributed by atoms with Crippen molar-refractivity contribution in [1.82, 2.24) is 29.8 Å². The number of benzene rings is 3. The molecule has 0 aliphatic carbocycles. The van der Waals surface area contributed by atoms with E-state index in [9.17, 15) is 9.59 Å². The topological polar surface area (TPSA) is 99.3 Å². The molecule has 4 amide bonds. The molecule has 2 spiro atoms. The standard InChI is InChI=1S/C30H39N3O3.C21H29N3O3.ClH/c1-7-33-29(34)32-19-24-16-25(35-5)17-26(36-6)28(24)22(4)15-27(32)30(33)8-10-31(11-9-30)18-23-13-20(2)12-21(3)14-23;1-5-24-20(25)23-13-15-11-16(26-3)12-17(27-4)19(15)14(2)10-18(23)21(24)6-8-22-9-7-21;/h12-17,22H,7-11,18-19H2,1-6H3;10-12,14,22H,5-9,13H2,1-4H3;1H/t22-;14-;/m00./s1. The molecule has 1 N–H and O–H groups in total. The van der Waals surface area contributed by atoms with Crippen molar-refractivity contribution in [1.29, 1.82) is 0 Å². The number of allylic oxidation sites excluding steroid dienone is 2. The zero-order chi connectivity index (χ0) is 44.8. The smallest absolute Gasteiger partial charge is 0.325 e. The molecular weight excluding hydrogens is 828 g/mol. The average Bonchev–Trinajstić information content (AvgIpc) is 3.43. The minimum atomic E-state index is -0.252. The van der Waals surface area contributed by atoms with Crippen LogP contribution in [-0.2, 0) is 19.6 Å². The Hall–Kier alpha value is -4.91. The van der Waals surface area contributed by atoms with Gasteiger partial charge in [-0.1, -0.05) is 55.3 Å². The molecular formula is C51H69ClN6O6. The maximum atomic E-state index is 13.8. The summed E-state index contributed by atoms with van der Waals surface area (Å²) < 4.78 is 22.5. The van der Waals surface area contributed by atoms with Crippen LogP contribution in [0, 0.1) is 13.8 Å². The summed E-state index contributed by atoms with van der Waals surface area (Å²) >= 11 is 0. The lowest BCUT2D eigenvalue weighted by molar-refractivity contribution is 0.0888. The van der Waals surface area contributed by atoms with Crippen molar-refractivity contribution < 1.29 is 28.5 Å². The Morgan fingerprint density at radius 1 is 0.625 bits per heavy atom. The maximum Gasteiger partial charge on any atom is 0.325 e. The number of methoxy groups -OCH3 is 4. The Bertz CT molecular complexity index is 2280. The number of carbonyl (C=O) groups is 2. The third-order valence-electron chi connectivity index (χ3n) is 14.6. The number of fused-ring (bicyclic) bond motifs is 6. The molecule has 13 heteroatoms. The van der Waals surface area contributed by atoms with Crippen LogP contribution in [0.2, 0.25) is 0 Å². The number of likely N-dealkylation sites (N-methyl/N-ethyl adjacent to an activating group) is 2. The third kappa shape index (κ3) is 8.08. The van der Waals surface area contributed by atoms with Crippen molar-refractivity contribution in [3.8, 4) is 23.0 Å². The Morgan fingerprint density at radius 2 is 1.06 bits per heavy atom. The van der Waals surface area contributed by atoms with Gasteiger partial charge in [-0.05, 0) is 95.3 Å². The van der Waals surface area contributed by atoms with Gasteiger partial charge in [-0.3, -0.25) is 14.7 Å². The first-order chi connectivity index (χ1) is 30.3. The second-order valence-corrected chi connectivity index (χ2v) is 18.3. The largest absolute Gasteiger partial charge is 0.497 e. The van der Waals surface area contributed by atoms with Gasteiger partial charge in [-0.2, -0.15) is 0 Å². The van der Waals surface area contributed by atoms with Gasteiger partial charge in [0.1, 0.15) is 23.0 Å². The van der Waals surface area contributed by atoms with Crippen LogP contribution in [-0.4, -0.2) is 115 Å². The minimum Gasteiger partial charge on any atom is -0.497 e. The van der Waals surface area contributed by atoms with Crippen molar-refractivity contribution in [3.05, 3.63) is 105 Å². The van der Waals surface area contributed by atoms with Gasteiger partial charge in [-0.25, -0.2) is 9.59 Å². The van der Waals surface area contributed by atoms with E-state index in [2.05, 4.69) is 98.0 Å². The van der Waals surface area contributed by atoms with E-state index in [-0.39, 0.29) is 47.4 Å². The van der Waals surface area contributed by atoms with Gasteiger partial charge in [0.15, 0.2) is 0 Å². The van der Waals surface area contributed by atoms with E-state index in [0.717, 1.165) is 110 Å². The number of nitrogens with one attached hydrogen (secondary N) is 1. The fourth-order valence-electron chi connectivity index (χ4n) is 11.9. The van der Waals surface area contributed by atoms with Crippen molar-refractivity contribution in [3.63, 3.8) is 0 Å². The highest BCUT2D eigenvalue weighted by Gasteiger charge is 2.56. The monoisotopic (exact) mass is 896 g/mol. The quantitative estimate of drug-likeness (QED) is 0.239. The number of hydrogen-bond donors (Lipinski definition) is 1. The molecule has 0 aromatic heterocycles. The normalized spacial score (nSPS) is 21.9. The molecule has 6 heterocycles. The van der Waals surface area contributed by atoms with Crippen LogP contribution >= 0.6 is 12.4 Å². The number of aryl methyl sites for hydroxylation is 2. The van der Waals surface area contributed by atoms with Gasteiger partial charge in [-0.15, -0.1) is 12.4 Å². The van der Waals surface area contributed by atoms with E-state index >= 15 is 0 Å². The van der Waals surface area contributed by atoms with Gasteiger partial charge in [0.05, 0.1) is 52.6 Å². The molecule has 4 fully saturated rings. The molecule has 0 saturated carbocycles. The summed E-state index contributed by atoms with van der Waals surface area (Å²) in [6, 6.07) is 15.1. The van der Waals surface area contributed by atoms with Crippen molar-refractivity contribution in [2.24, 2.45) is 0 Å². The van der Waals surface area contributed by atoms with Crippen molar-refractivity contribution in [2.75, 3.05) is 67.7 Å². The fraction of sp³-hybridized carbons (Fsp3) is 0.529. The molecule has 9 rings (SSSR count). The van der Waals surface area contributed by atoms with Gasteiger partial charge >= 0.3 is 12.1 Å². The third-order valence-corrected chi connectivity index (χ3v) is 14.6. The van der Waals surface area contributed by atoms with Gasteiger partial charge < -0.3 is 34.1 Å². The van der Waals surface area contributed by atoms with Crippen molar-refractivity contribution >= 4 is 24.5 Å². The number of rotatable bonds is 8. The lowest BCUT2D eigenvalue weighted by atomic mass is 9.82. The molecule has 4 saturated heterocycles. The van der Waals surface area contributed by atoms with Crippen molar-refractivity contribution in [2.45, 2.75) is 110 Å². The summed E-state index contributed by atoms with van der Waals surface area (Å²) in [5.74, 6) is 3.47. The van der Waals surface area contributed by atoms with Crippen LogP contribution in [0.1, 0.15) is 104 Å². The van der Waals surface area contributed by atoms with Gasteiger partial charge in [0.2, 0.25) is 0 Å². The Morgan fingerprint density at radius 3 is 1.47 bits per heavy atom. The number of hydrogen-bond acceptors (Lipinski definition) is 8. The lowest BCUT2D eigenvalue weighted by Crippen LogP contribution is -2.53. The molecule has 0 bridgehead atoms. The second-order valence-electron chi connectivity index (χ2n) is 18.3. The van der Waals surface area contributed by atoms with Gasteiger partial charge in [0.25, 0.3) is 0 Å². The summed E-state index contributed by atoms with van der Waals surface area (Å²) in [7, 11) is 6.73. The molecule has 0 radical (unpaired) electrons. The average molecular weight is 898 g/mol. The summed E-state index contributed by atoms with van der Waals surface area (Å²) in [5, 5.41) is 3.45. The second kappa shape index (κ2) is 18.9. The predicted octanol–water partition coefficient (Wildman–Crippen LogP) is 9.12. The highest BCUT2D eigenvalue weighted by atomic mass is 35.5.